The van der Waals surface area contributed by atoms with Gasteiger partial charge in [-0.1, -0.05) is 17.8 Å². The predicted molar refractivity (Wildman–Crippen MR) is 85.2 cm³/mol. The Balaban J connectivity index is 0.000001000. The molecule has 0 radical (unpaired) electrons. The van der Waals surface area contributed by atoms with E-state index in [2.05, 4.69) is 15.0 Å². The van der Waals surface area contributed by atoms with Crippen LogP contribution in [0.3, 0.4) is 0 Å². The smallest absolute Gasteiger partial charge is 0.305 e. The zero-order chi connectivity index (χ0) is 12.4. The standard InChI is InChI=1S/C13H9N3OS.2ClH/c17-13-15-8-10-11(16-13)2-1-3-12(10)18-9-4-6-14-7-5-9;;/h1-8H,(H,15,16,17);2*1H. The molecule has 1 N–H and O–H groups in total. The summed E-state index contributed by atoms with van der Waals surface area (Å²) in [5, 5.41) is 0.943. The molecule has 0 bridgehead atoms. The first-order valence-corrected chi connectivity index (χ1v) is 6.20. The molecule has 7 heteroatoms. The third-order valence-electron chi connectivity index (χ3n) is 2.50. The quantitative estimate of drug-likeness (QED) is 0.784. The second kappa shape index (κ2) is 7.28. The second-order valence-corrected chi connectivity index (χ2v) is 4.81. The Labute approximate surface area is 131 Å². The van der Waals surface area contributed by atoms with Crippen molar-refractivity contribution in [1.29, 1.82) is 0 Å². The minimum atomic E-state index is -0.325. The maximum Gasteiger partial charge on any atom is 0.345 e. The molecule has 0 aliphatic carbocycles. The maximum absolute atomic E-state index is 11.2. The number of benzene rings is 1. The molecule has 0 atom stereocenters. The van der Waals surface area contributed by atoms with Crippen molar-refractivity contribution in [2.75, 3.05) is 0 Å². The molecule has 3 aromatic rings. The van der Waals surface area contributed by atoms with Crippen LogP contribution in [0.15, 0.2) is 63.5 Å². The van der Waals surface area contributed by atoms with Crippen molar-refractivity contribution in [3.05, 3.63) is 59.4 Å². The number of nitrogens with zero attached hydrogens (tertiary/aromatic N) is 2. The van der Waals surface area contributed by atoms with Gasteiger partial charge in [0.15, 0.2) is 0 Å². The maximum atomic E-state index is 11.2. The van der Waals surface area contributed by atoms with Crippen molar-refractivity contribution in [3.63, 3.8) is 0 Å². The number of rotatable bonds is 2. The summed E-state index contributed by atoms with van der Waals surface area (Å²) in [6.45, 7) is 0. The monoisotopic (exact) mass is 327 g/mol. The number of aromatic amines is 1. The molecule has 104 valence electrons. The first kappa shape index (κ1) is 16.5. The molecule has 1 aromatic carbocycles. The minimum Gasteiger partial charge on any atom is -0.305 e. The highest BCUT2D eigenvalue weighted by molar-refractivity contribution is 7.99. The molecular weight excluding hydrogens is 317 g/mol. The molecule has 3 rings (SSSR count). The molecular formula is C13H11Cl2N3OS. The fourth-order valence-electron chi connectivity index (χ4n) is 1.68. The Kier molecular flexibility index (Phi) is 6.01. The van der Waals surface area contributed by atoms with Gasteiger partial charge in [-0.3, -0.25) is 4.98 Å². The van der Waals surface area contributed by atoms with Crippen LogP contribution in [0, 0.1) is 0 Å². The highest BCUT2D eigenvalue weighted by Gasteiger charge is 2.03. The normalized spacial score (nSPS) is 9.60. The van der Waals surface area contributed by atoms with Crippen molar-refractivity contribution in [2.45, 2.75) is 9.79 Å². The van der Waals surface area contributed by atoms with Crippen LogP contribution in [0.4, 0.5) is 0 Å². The molecule has 4 nitrogen and oxygen atoms in total. The van der Waals surface area contributed by atoms with Crippen LogP contribution in [0.5, 0.6) is 0 Å². The Morgan fingerprint density at radius 3 is 2.55 bits per heavy atom. The fourth-order valence-corrected chi connectivity index (χ4v) is 2.61. The molecule has 0 unspecified atom stereocenters. The molecule has 0 spiro atoms. The van der Waals surface area contributed by atoms with E-state index in [1.807, 2.05) is 30.3 Å². The van der Waals surface area contributed by atoms with E-state index in [1.54, 1.807) is 30.4 Å². The first-order chi connectivity index (χ1) is 8.83. The zero-order valence-electron chi connectivity index (χ0n) is 10.1. The summed E-state index contributed by atoms with van der Waals surface area (Å²) in [4.78, 5) is 23.8. The van der Waals surface area contributed by atoms with Gasteiger partial charge in [0, 0.05) is 33.8 Å². The first-order valence-electron chi connectivity index (χ1n) is 5.39. The van der Waals surface area contributed by atoms with Crippen molar-refractivity contribution < 1.29 is 0 Å². The zero-order valence-corrected chi connectivity index (χ0v) is 12.6. The predicted octanol–water partition coefficient (Wildman–Crippen LogP) is 3.31. The summed E-state index contributed by atoms with van der Waals surface area (Å²) in [6.07, 6.45) is 5.12. The van der Waals surface area contributed by atoms with Crippen LogP contribution < -0.4 is 5.69 Å². The van der Waals surface area contributed by atoms with Gasteiger partial charge in [-0.05, 0) is 24.3 Å². The number of halogens is 2. The summed E-state index contributed by atoms with van der Waals surface area (Å²) in [5.74, 6) is 0. The molecule has 0 fully saturated rings. The lowest BCUT2D eigenvalue weighted by Gasteiger charge is -2.04. The van der Waals surface area contributed by atoms with Crippen LogP contribution in [-0.4, -0.2) is 15.0 Å². The van der Waals surface area contributed by atoms with Crippen molar-refractivity contribution in [3.8, 4) is 0 Å². The molecule has 2 heterocycles. The van der Waals surface area contributed by atoms with E-state index in [1.165, 1.54) is 0 Å². The summed E-state index contributed by atoms with van der Waals surface area (Å²) in [5.41, 5.74) is 0.475. The van der Waals surface area contributed by atoms with Crippen LogP contribution in [-0.2, 0) is 0 Å². The Hall–Kier alpha value is -1.56. The van der Waals surface area contributed by atoms with Gasteiger partial charge in [0.05, 0.1) is 5.52 Å². The van der Waals surface area contributed by atoms with E-state index in [-0.39, 0.29) is 30.5 Å². The Morgan fingerprint density at radius 1 is 1.05 bits per heavy atom. The van der Waals surface area contributed by atoms with E-state index in [0.717, 1.165) is 20.7 Å². The summed E-state index contributed by atoms with van der Waals surface area (Å²) in [6, 6.07) is 9.69. The lowest BCUT2D eigenvalue weighted by molar-refractivity contribution is 1.11. The molecule has 0 saturated carbocycles. The number of hydrogen-bond acceptors (Lipinski definition) is 4. The number of hydrogen-bond donors (Lipinski definition) is 1. The number of nitrogens with one attached hydrogen (secondary N) is 1. The highest BCUT2D eigenvalue weighted by Crippen LogP contribution is 2.31. The van der Waals surface area contributed by atoms with Crippen LogP contribution >= 0.6 is 36.6 Å². The number of pyridine rings is 1. The van der Waals surface area contributed by atoms with Crippen molar-refractivity contribution >= 4 is 47.5 Å². The molecule has 2 aromatic heterocycles. The Morgan fingerprint density at radius 2 is 1.80 bits per heavy atom. The van der Waals surface area contributed by atoms with Gasteiger partial charge in [0.25, 0.3) is 0 Å². The van der Waals surface area contributed by atoms with Gasteiger partial charge in [0.1, 0.15) is 0 Å². The van der Waals surface area contributed by atoms with E-state index in [4.69, 9.17) is 0 Å². The molecule has 0 aliphatic rings. The largest absolute Gasteiger partial charge is 0.345 e. The van der Waals surface area contributed by atoms with Gasteiger partial charge >= 0.3 is 5.69 Å². The highest BCUT2D eigenvalue weighted by atomic mass is 35.5. The van der Waals surface area contributed by atoms with E-state index < -0.39 is 0 Å². The summed E-state index contributed by atoms with van der Waals surface area (Å²) in [7, 11) is 0. The van der Waals surface area contributed by atoms with Crippen molar-refractivity contribution in [2.24, 2.45) is 0 Å². The average molecular weight is 328 g/mol. The number of H-pyrrole nitrogens is 1. The molecule has 20 heavy (non-hydrogen) atoms. The minimum absolute atomic E-state index is 0. The van der Waals surface area contributed by atoms with Gasteiger partial charge in [-0.2, -0.15) is 0 Å². The SMILES string of the molecule is Cl.Cl.O=c1ncc2c(Sc3ccncc3)cccc2[nH]1. The molecule has 0 saturated heterocycles. The van der Waals surface area contributed by atoms with E-state index in [0.29, 0.717) is 0 Å². The third kappa shape index (κ3) is 3.50. The summed E-state index contributed by atoms with van der Waals surface area (Å²) >= 11 is 1.62. The Bertz CT molecular complexity index is 749. The average Bonchev–Trinajstić information content (AvgIpc) is 2.40. The number of fused-ring (bicyclic) bond motifs is 1. The van der Waals surface area contributed by atoms with Gasteiger partial charge in [-0.15, -0.1) is 24.8 Å². The molecule has 0 amide bonds. The van der Waals surface area contributed by atoms with Crippen LogP contribution in [0.1, 0.15) is 0 Å². The fraction of sp³-hybridized carbons (Fsp3) is 0. The second-order valence-electron chi connectivity index (χ2n) is 3.69. The topological polar surface area (TPSA) is 58.6 Å². The van der Waals surface area contributed by atoms with Crippen LogP contribution in [0.25, 0.3) is 10.9 Å². The molecule has 0 aliphatic heterocycles. The van der Waals surface area contributed by atoms with E-state index >= 15 is 0 Å². The van der Waals surface area contributed by atoms with Gasteiger partial charge in [0.2, 0.25) is 0 Å². The van der Waals surface area contributed by atoms with Gasteiger partial charge in [-0.25, -0.2) is 9.78 Å². The van der Waals surface area contributed by atoms with E-state index in [9.17, 15) is 4.79 Å². The van der Waals surface area contributed by atoms with Crippen LogP contribution in [0.2, 0.25) is 0 Å². The lowest BCUT2D eigenvalue weighted by atomic mass is 10.2. The number of aromatic nitrogens is 3. The lowest BCUT2D eigenvalue weighted by Crippen LogP contribution is -2.08. The summed E-state index contributed by atoms with van der Waals surface area (Å²) < 4.78 is 0. The van der Waals surface area contributed by atoms with Gasteiger partial charge < -0.3 is 4.98 Å². The third-order valence-corrected chi connectivity index (χ3v) is 3.58. The van der Waals surface area contributed by atoms with Crippen molar-refractivity contribution in [1.82, 2.24) is 15.0 Å².